The number of rotatable bonds is 4. The molecule has 1 saturated carbocycles. The lowest BCUT2D eigenvalue weighted by Crippen LogP contribution is -2.42. The zero-order valence-electron chi connectivity index (χ0n) is 10.5. The largest absolute Gasteiger partial charge is 0.480 e. The van der Waals surface area contributed by atoms with Crippen LogP contribution in [0.5, 0.6) is 0 Å². The van der Waals surface area contributed by atoms with Gasteiger partial charge in [0.15, 0.2) is 0 Å². The van der Waals surface area contributed by atoms with Crippen LogP contribution >= 0.6 is 22.6 Å². The van der Waals surface area contributed by atoms with Gasteiger partial charge in [0.25, 0.3) is 5.91 Å². The van der Waals surface area contributed by atoms with E-state index in [9.17, 15) is 9.59 Å². The first-order valence-electron chi connectivity index (χ1n) is 6.36. The minimum Gasteiger partial charge on any atom is -0.480 e. The number of nitrogens with zero attached hydrogens (tertiary/aromatic N) is 1. The van der Waals surface area contributed by atoms with Crippen LogP contribution in [0.25, 0.3) is 0 Å². The van der Waals surface area contributed by atoms with E-state index in [1.165, 1.54) is 4.90 Å². The molecule has 102 valence electrons. The van der Waals surface area contributed by atoms with Crippen molar-refractivity contribution in [1.29, 1.82) is 0 Å². The molecule has 0 heterocycles. The lowest BCUT2D eigenvalue weighted by molar-refractivity contribution is -0.138. The number of amides is 1. The molecule has 1 aliphatic carbocycles. The highest BCUT2D eigenvalue weighted by Crippen LogP contribution is 2.25. The summed E-state index contributed by atoms with van der Waals surface area (Å²) in [4.78, 5) is 25.0. The molecule has 0 radical (unpaired) electrons. The summed E-state index contributed by atoms with van der Waals surface area (Å²) in [6.45, 7) is -0.213. The molecule has 1 fully saturated rings. The van der Waals surface area contributed by atoms with Gasteiger partial charge in [-0.25, -0.2) is 0 Å². The summed E-state index contributed by atoms with van der Waals surface area (Å²) >= 11 is 2.15. The Labute approximate surface area is 125 Å². The van der Waals surface area contributed by atoms with E-state index < -0.39 is 5.97 Å². The number of carbonyl (C=O) groups excluding carboxylic acids is 1. The highest BCUT2D eigenvalue weighted by Gasteiger charge is 2.28. The Kier molecular flexibility index (Phi) is 4.79. The van der Waals surface area contributed by atoms with Crippen LogP contribution in [0.1, 0.15) is 36.0 Å². The van der Waals surface area contributed by atoms with Crippen molar-refractivity contribution < 1.29 is 14.7 Å². The predicted octanol–water partition coefficient (Wildman–Crippen LogP) is 2.76. The second-order valence-electron chi connectivity index (χ2n) is 4.78. The van der Waals surface area contributed by atoms with Crippen LogP contribution in [0, 0.1) is 3.57 Å². The van der Waals surface area contributed by atoms with Gasteiger partial charge in [-0.1, -0.05) is 18.9 Å². The van der Waals surface area contributed by atoms with Crippen LogP contribution in [0.4, 0.5) is 0 Å². The van der Waals surface area contributed by atoms with Crippen molar-refractivity contribution in [3.05, 3.63) is 33.4 Å². The maximum Gasteiger partial charge on any atom is 0.323 e. The molecule has 0 spiro atoms. The second-order valence-corrected chi connectivity index (χ2v) is 6.02. The van der Waals surface area contributed by atoms with Crippen LogP contribution in [0.15, 0.2) is 24.3 Å². The Balaban J connectivity index is 2.21. The quantitative estimate of drug-likeness (QED) is 0.826. The third-order valence-corrected chi connectivity index (χ3v) is 4.07. The molecule has 0 atom stereocenters. The molecule has 0 bridgehead atoms. The number of carboxylic acids is 1. The van der Waals surface area contributed by atoms with Crippen LogP contribution in [0.3, 0.4) is 0 Å². The van der Waals surface area contributed by atoms with Gasteiger partial charge in [-0.2, -0.15) is 0 Å². The Morgan fingerprint density at radius 1 is 1.32 bits per heavy atom. The van der Waals surface area contributed by atoms with E-state index in [1.807, 2.05) is 12.1 Å². The van der Waals surface area contributed by atoms with E-state index in [4.69, 9.17) is 5.11 Å². The fourth-order valence-electron chi connectivity index (χ4n) is 2.52. The number of aliphatic carboxylic acids is 1. The van der Waals surface area contributed by atoms with Crippen LogP contribution in [-0.4, -0.2) is 34.5 Å². The Morgan fingerprint density at radius 3 is 2.58 bits per heavy atom. The Hall–Kier alpha value is -1.11. The Morgan fingerprint density at radius 2 is 2.00 bits per heavy atom. The smallest absolute Gasteiger partial charge is 0.323 e. The van der Waals surface area contributed by atoms with Crippen molar-refractivity contribution in [3.8, 4) is 0 Å². The van der Waals surface area contributed by atoms with E-state index in [0.717, 1.165) is 29.3 Å². The Bertz CT molecular complexity index is 483. The van der Waals surface area contributed by atoms with Crippen molar-refractivity contribution in [2.24, 2.45) is 0 Å². The summed E-state index contributed by atoms with van der Waals surface area (Å²) in [6, 6.07) is 7.35. The average Bonchev–Trinajstić information content (AvgIpc) is 2.88. The number of halogens is 1. The van der Waals surface area contributed by atoms with Crippen molar-refractivity contribution in [1.82, 2.24) is 4.90 Å². The molecule has 4 nitrogen and oxygen atoms in total. The van der Waals surface area contributed by atoms with Gasteiger partial charge in [0.1, 0.15) is 6.54 Å². The van der Waals surface area contributed by atoms with Gasteiger partial charge < -0.3 is 10.0 Å². The molecule has 2 rings (SSSR count). The number of hydrogen-bond donors (Lipinski definition) is 1. The summed E-state index contributed by atoms with van der Waals surface area (Å²) < 4.78 is 0.977. The molecule has 1 amide bonds. The van der Waals surface area contributed by atoms with Crippen molar-refractivity contribution in [3.63, 3.8) is 0 Å². The third kappa shape index (κ3) is 3.68. The van der Waals surface area contributed by atoms with E-state index in [-0.39, 0.29) is 18.5 Å². The molecule has 19 heavy (non-hydrogen) atoms. The molecule has 5 heteroatoms. The molecule has 1 aromatic rings. The number of benzene rings is 1. The van der Waals surface area contributed by atoms with Gasteiger partial charge in [0.2, 0.25) is 0 Å². The van der Waals surface area contributed by atoms with E-state index >= 15 is 0 Å². The number of hydrogen-bond acceptors (Lipinski definition) is 2. The lowest BCUT2D eigenvalue weighted by Gasteiger charge is -2.27. The minimum atomic E-state index is -0.953. The predicted molar refractivity (Wildman–Crippen MR) is 80.1 cm³/mol. The van der Waals surface area contributed by atoms with Gasteiger partial charge in [0.05, 0.1) is 0 Å². The topological polar surface area (TPSA) is 57.6 Å². The summed E-state index contributed by atoms with van der Waals surface area (Å²) in [6.07, 6.45) is 3.95. The second kappa shape index (κ2) is 6.36. The molecule has 0 saturated heterocycles. The molecule has 0 aliphatic heterocycles. The molecule has 1 N–H and O–H groups in total. The maximum absolute atomic E-state index is 12.5. The average molecular weight is 373 g/mol. The fourth-order valence-corrected chi connectivity index (χ4v) is 3.06. The molecule has 0 aromatic heterocycles. The maximum atomic E-state index is 12.5. The normalized spacial score (nSPS) is 15.4. The van der Waals surface area contributed by atoms with Crippen molar-refractivity contribution in [2.45, 2.75) is 31.7 Å². The number of carboxylic acid groups (broad SMARTS) is 1. The van der Waals surface area contributed by atoms with Crippen LogP contribution in [0.2, 0.25) is 0 Å². The number of carbonyl (C=O) groups is 2. The third-order valence-electron chi connectivity index (χ3n) is 3.40. The van der Waals surface area contributed by atoms with Gasteiger partial charge in [-0.3, -0.25) is 9.59 Å². The van der Waals surface area contributed by atoms with Gasteiger partial charge in [-0.15, -0.1) is 0 Å². The summed E-state index contributed by atoms with van der Waals surface area (Å²) in [5.41, 5.74) is 0.569. The zero-order valence-corrected chi connectivity index (χ0v) is 12.7. The SMILES string of the molecule is O=C(O)CN(C(=O)c1cccc(I)c1)C1CCCC1. The van der Waals surface area contributed by atoms with Crippen LogP contribution < -0.4 is 0 Å². The molecular formula is C14H16INO3. The molecule has 1 aromatic carbocycles. The van der Waals surface area contributed by atoms with Crippen molar-refractivity contribution in [2.75, 3.05) is 6.54 Å². The first-order chi connectivity index (χ1) is 9.08. The molecule has 0 unspecified atom stereocenters. The first-order valence-corrected chi connectivity index (χ1v) is 7.44. The van der Waals surface area contributed by atoms with Gasteiger partial charge >= 0.3 is 5.97 Å². The summed E-state index contributed by atoms with van der Waals surface area (Å²) in [7, 11) is 0. The van der Waals surface area contributed by atoms with E-state index in [2.05, 4.69) is 22.6 Å². The standard InChI is InChI=1S/C14H16INO3/c15-11-5-3-4-10(8-11)14(19)16(9-13(17)18)12-6-1-2-7-12/h3-5,8,12H,1-2,6-7,9H2,(H,17,18). The fraction of sp³-hybridized carbons (Fsp3) is 0.429. The van der Waals surface area contributed by atoms with Gasteiger partial charge in [0, 0.05) is 15.2 Å². The van der Waals surface area contributed by atoms with E-state index in [1.54, 1.807) is 12.1 Å². The van der Waals surface area contributed by atoms with Crippen LogP contribution in [-0.2, 0) is 4.79 Å². The van der Waals surface area contributed by atoms with Gasteiger partial charge in [-0.05, 0) is 53.6 Å². The summed E-state index contributed by atoms with van der Waals surface area (Å²) in [5, 5.41) is 9.00. The monoisotopic (exact) mass is 373 g/mol. The summed E-state index contributed by atoms with van der Waals surface area (Å²) in [5.74, 6) is -1.13. The highest BCUT2D eigenvalue weighted by atomic mass is 127. The highest BCUT2D eigenvalue weighted by molar-refractivity contribution is 14.1. The minimum absolute atomic E-state index is 0.0708. The van der Waals surface area contributed by atoms with Crippen molar-refractivity contribution >= 4 is 34.5 Å². The zero-order chi connectivity index (χ0) is 13.8. The first kappa shape index (κ1) is 14.3. The molecule has 1 aliphatic rings. The lowest BCUT2D eigenvalue weighted by atomic mass is 10.1. The van der Waals surface area contributed by atoms with E-state index in [0.29, 0.717) is 5.56 Å². The molecular weight excluding hydrogens is 357 g/mol.